The maximum absolute atomic E-state index is 10.9. The molecule has 0 spiro atoms. The average Bonchev–Trinajstić information content (AvgIpc) is 2.87. The number of aromatic carboxylic acids is 1. The largest absolute Gasteiger partial charge is 0.478 e. The molecule has 2 aromatic rings. The second-order valence-electron chi connectivity index (χ2n) is 3.86. The molecule has 5 N–H and O–H groups in total. The van der Waals surface area contributed by atoms with Gasteiger partial charge in [-0.2, -0.15) is 5.10 Å². The van der Waals surface area contributed by atoms with Crippen LogP contribution in [0.15, 0.2) is 51.0 Å². The second-order valence-corrected chi connectivity index (χ2v) is 3.86. The van der Waals surface area contributed by atoms with E-state index in [0.29, 0.717) is 17.1 Å². The Kier molecular flexibility index (Phi) is 3.80. The predicted octanol–water partition coefficient (Wildman–Crippen LogP) is 1.25. The summed E-state index contributed by atoms with van der Waals surface area (Å²) in [5.74, 6) is -0.167. The topological polar surface area (TPSA) is 127 Å². The van der Waals surface area contributed by atoms with Gasteiger partial charge in [0.15, 0.2) is 0 Å². The zero-order valence-corrected chi connectivity index (χ0v) is 10.4. The molecule has 0 fully saturated rings. The monoisotopic (exact) mass is 272 g/mol. The number of rotatable bonds is 4. The summed E-state index contributed by atoms with van der Waals surface area (Å²) in [7, 11) is 0. The molecule has 0 bridgehead atoms. The smallest absolute Gasteiger partial charge is 0.335 e. The number of carbonyl (C=O) groups is 1. The van der Waals surface area contributed by atoms with Crippen LogP contribution in [0.1, 0.15) is 16.1 Å². The third-order valence-electron chi connectivity index (χ3n) is 2.38. The molecule has 0 atom stereocenters. The fourth-order valence-electron chi connectivity index (χ4n) is 1.54. The molecule has 0 unspecified atom stereocenters. The molecule has 0 saturated carbocycles. The minimum Gasteiger partial charge on any atom is -0.478 e. The van der Waals surface area contributed by atoms with Crippen LogP contribution in [0.4, 0.5) is 0 Å². The molecule has 7 heteroatoms. The van der Waals surface area contributed by atoms with Crippen LogP contribution in [0.25, 0.3) is 11.3 Å². The summed E-state index contributed by atoms with van der Waals surface area (Å²) in [5, 5.41) is 16.0. The van der Waals surface area contributed by atoms with Gasteiger partial charge in [-0.3, -0.25) is 0 Å². The number of nitrogens with zero attached hydrogens (tertiary/aromatic N) is 2. The van der Waals surface area contributed by atoms with E-state index in [9.17, 15) is 4.79 Å². The van der Waals surface area contributed by atoms with Gasteiger partial charge in [-0.05, 0) is 24.3 Å². The van der Waals surface area contributed by atoms with Gasteiger partial charge >= 0.3 is 5.97 Å². The Balaban J connectivity index is 2.24. The van der Waals surface area contributed by atoms with Crippen molar-refractivity contribution in [3.05, 3.63) is 47.7 Å². The number of carboxylic acid groups (broad SMARTS) is 1. The summed E-state index contributed by atoms with van der Waals surface area (Å²) in [6, 6.07) is 9.82. The average molecular weight is 272 g/mol. The van der Waals surface area contributed by atoms with E-state index >= 15 is 0 Å². The van der Waals surface area contributed by atoms with E-state index in [4.69, 9.17) is 21.0 Å². The van der Waals surface area contributed by atoms with Crippen molar-refractivity contribution in [3.8, 4) is 11.3 Å². The van der Waals surface area contributed by atoms with Crippen LogP contribution in [-0.4, -0.2) is 23.2 Å². The summed E-state index contributed by atoms with van der Waals surface area (Å²) >= 11 is 0. The van der Waals surface area contributed by atoms with Crippen molar-refractivity contribution in [3.63, 3.8) is 0 Å². The lowest BCUT2D eigenvalue weighted by Crippen LogP contribution is -2.21. The van der Waals surface area contributed by atoms with Gasteiger partial charge in [0.05, 0.1) is 11.8 Å². The molecule has 0 aliphatic rings. The number of nitrogens with two attached hydrogens (primary N) is 2. The normalized spacial score (nSPS) is 10.6. The van der Waals surface area contributed by atoms with Crippen molar-refractivity contribution in [2.45, 2.75) is 0 Å². The van der Waals surface area contributed by atoms with Crippen LogP contribution in [0.3, 0.4) is 0 Å². The zero-order valence-electron chi connectivity index (χ0n) is 10.4. The molecule has 0 saturated heterocycles. The van der Waals surface area contributed by atoms with E-state index in [1.165, 1.54) is 18.3 Å². The molecule has 20 heavy (non-hydrogen) atoms. The Hall–Kier alpha value is -3.09. The second kappa shape index (κ2) is 5.70. The number of guanidine groups is 1. The predicted molar refractivity (Wildman–Crippen MR) is 74.5 cm³/mol. The van der Waals surface area contributed by atoms with Gasteiger partial charge < -0.3 is 21.0 Å². The van der Waals surface area contributed by atoms with Crippen molar-refractivity contribution in [2.75, 3.05) is 0 Å². The Morgan fingerprint density at radius 2 is 2.05 bits per heavy atom. The standard InChI is InChI=1S/C13H12N4O3/c14-13(15)17-16-7-10-4-5-11(20-10)8-2-1-3-9(6-8)12(18)19/h1-7H,(H,18,19)(H4,14,15,17)/b16-7+. The third kappa shape index (κ3) is 3.22. The first kappa shape index (κ1) is 13.3. The van der Waals surface area contributed by atoms with Crippen molar-refractivity contribution >= 4 is 18.1 Å². The lowest BCUT2D eigenvalue weighted by Gasteiger charge is -1.98. The first-order chi connectivity index (χ1) is 9.56. The van der Waals surface area contributed by atoms with Crippen LogP contribution in [0, 0.1) is 0 Å². The molecular formula is C13H12N4O3. The first-order valence-electron chi connectivity index (χ1n) is 5.62. The van der Waals surface area contributed by atoms with Crippen LogP contribution >= 0.6 is 0 Å². The van der Waals surface area contributed by atoms with E-state index < -0.39 is 5.97 Å². The highest BCUT2D eigenvalue weighted by molar-refractivity contribution is 5.89. The summed E-state index contributed by atoms with van der Waals surface area (Å²) in [4.78, 5) is 10.9. The van der Waals surface area contributed by atoms with Crippen LogP contribution in [-0.2, 0) is 0 Å². The van der Waals surface area contributed by atoms with E-state index in [1.807, 2.05) is 0 Å². The van der Waals surface area contributed by atoms with Gasteiger partial charge in [0.2, 0.25) is 5.96 Å². The van der Waals surface area contributed by atoms with Crippen molar-refractivity contribution < 1.29 is 14.3 Å². The molecule has 102 valence electrons. The Morgan fingerprint density at radius 1 is 1.25 bits per heavy atom. The molecule has 0 aliphatic heterocycles. The summed E-state index contributed by atoms with van der Waals surface area (Å²) < 4.78 is 5.49. The summed E-state index contributed by atoms with van der Waals surface area (Å²) in [6.07, 6.45) is 1.35. The quantitative estimate of drug-likeness (QED) is 0.438. The maximum Gasteiger partial charge on any atom is 0.335 e. The number of hydrogen-bond acceptors (Lipinski definition) is 4. The van der Waals surface area contributed by atoms with Gasteiger partial charge in [0, 0.05) is 5.56 Å². The van der Waals surface area contributed by atoms with Gasteiger partial charge in [-0.25, -0.2) is 4.79 Å². The van der Waals surface area contributed by atoms with E-state index in [1.54, 1.807) is 24.3 Å². The molecule has 0 aliphatic carbocycles. The van der Waals surface area contributed by atoms with Crippen molar-refractivity contribution in [2.24, 2.45) is 21.7 Å². The molecule has 1 aromatic heterocycles. The van der Waals surface area contributed by atoms with Crippen molar-refractivity contribution in [1.82, 2.24) is 0 Å². The van der Waals surface area contributed by atoms with Gasteiger partial charge in [0.25, 0.3) is 0 Å². The highest BCUT2D eigenvalue weighted by Gasteiger charge is 2.07. The molecular weight excluding hydrogens is 260 g/mol. The molecule has 1 aromatic carbocycles. The highest BCUT2D eigenvalue weighted by Crippen LogP contribution is 2.22. The Bertz CT molecular complexity index is 684. The molecule has 0 radical (unpaired) electrons. The van der Waals surface area contributed by atoms with E-state index in [-0.39, 0.29) is 11.5 Å². The van der Waals surface area contributed by atoms with Crippen LogP contribution in [0.5, 0.6) is 0 Å². The highest BCUT2D eigenvalue weighted by atomic mass is 16.4. The minimum atomic E-state index is -0.993. The number of hydrogen-bond donors (Lipinski definition) is 3. The SMILES string of the molecule is NC(N)=N/N=C/c1ccc(-c2cccc(C(=O)O)c2)o1. The summed E-state index contributed by atoms with van der Waals surface area (Å²) in [5.41, 5.74) is 11.1. The fraction of sp³-hybridized carbons (Fsp3) is 0. The third-order valence-corrected chi connectivity index (χ3v) is 2.38. The molecule has 2 rings (SSSR count). The maximum atomic E-state index is 10.9. The molecule has 7 nitrogen and oxygen atoms in total. The lowest BCUT2D eigenvalue weighted by atomic mass is 10.1. The first-order valence-corrected chi connectivity index (χ1v) is 5.62. The lowest BCUT2D eigenvalue weighted by molar-refractivity contribution is 0.0697. The molecule has 0 amide bonds. The van der Waals surface area contributed by atoms with Crippen LogP contribution in [0.2, 0.25) is 0 Å². The number of carboxylic acids is 1. The van der Waals surface area contributed by atoms with Crippen LogP contribution < -0.4 is 11.5 Å². The minimum absolute atomic E-state index is 0.151. The Morgan fingerprint density at radius 3 is 2.75 bits per heavy atom. The Labute approximate surface area is 114 Å². The van der Waals surface area contributed by atoms with Gasteiger partial charge in [0.1, 0.15) is 11.5 Å². The fourth-order valence-corrected chi connectivity index (χ4v) is 1.54. The van der Waals surface area contributed by atoms with E-state index in [0.717, 1.165) is 0 Å². The molecule has 1 heterocycles. The number of furan rings is 1. The summed E-state index contributed by atoms with van der Waals surface area (Å²) in [6.45, 7) is 0. The number of benzene rings is 1. The van der Waals surface area contributed by atoms with Gasteiger partial charge in [-0.1, -0.05) is 12.1 Å². The van der Waals surface area contributed by atoms with E-state index in [2.05, 4.69) is 10.2 Å². The van der Waals surface area contributed by atoms with Gasteiger partial charge in [-0.15, -0.1) is 5.10 Å². The zero-order chi connectivity index (χ0) is 14.5. The van der Waals surface area contributed by atoms with Crippen molar-refractivity contribution in [1.29, 1.82) is 0 Å².